The van der Waals surface area contributed by atoms with E-state index in [-0.39, 0.29) is 17.2 Å². The van der Waals surface area contributed by atoms with E-state index < -0.39 is 11.7 Å². The smallest absolute Gasteiger partial charge is 0.416 e. The second-order valence-electron chi connectivity index (χ2n) is 4.80. The number of ether oxygens (including phenoxy) is 1. The molecule has 0 aliphatic heterocycles. The van der Waals surface area contributed by atoms with Gasteiger partial charge in [-0.25, -0.2) is 0 Å². The van der Waals surface area contributed by atoms with Crippen molar-refractivity contribution in [1.82, 2.24) is 0 Å². The Balaban J connectivity index is 2.05. The molecule has 6 heteroatoms. The molecule has 2 rings (SSSR count). The molecule has 0 amide bonds. The molecule has 1 aliphatic rings. The van der Waals surface area contributed by atoms with Crippen molar-refractivity contribution in [3.05, 3.63) is 28.8 Å². The molecule has 2 nitrogen and oxygen atoms in total. The van der Waals surface area contributed by atoms with Crippen molar-refractivity contribution in [3.63, 3.8) is 0 Å². The van der Waals surface area contributed by atoms with Gasteiger partial charge in [0.05, 0.1) is 16.7 Å². The summed E-state index contributed by atoms with van der Waals surface area (Å²) in [6.07, 6.45) is -1.07. The van der Waals surface area contributed by atoms with Gasteiger partial charge in [0, 0.05) is 6.04 Å². The molecule has 0 bridgehead atoms. The molecule has 0 spiro atoms. The summed E-state index contributed by atoms with van der Waals surface area (Å²) < 4.78 is 43.1. The molecule has 1 saturated carbocycles. The van der Waals surface area contributed by atoms with Gasteiger partial charge in [-0.3, -0.25) is 0 Å². The fourth-order valence-corrected chi connectivity index (χ4v) is 2.38. The third-order valence-electron chi connectivity index (χ3n) is 3.27. The van der Waals surface area contributed by atoms with Crippen molar-refractivity contribution in [2.24, 2.45) is 5.73 Å². The quantitative estimate of drug-likeness (QED) is 0.894. The lowest BCUT2D eigenvalue weighted by Crippen LogP contribution is -2.31. The van der Waals surface area contributed by atoms with Crippen LogP contribution in [0.15, 0.2) is 18.2 Å². The second kappa shape index (κ2) is 5.59. The normalized spacial score (nSPS) is 24.3. The fourth-order valence-electron chi connectivity index (χ4n) is 2.16. The summed E-state index contributed by atoms with van der Waals surface area (Å²) in [4.78, 5) is 0. The molecule has 1 aromatic carbocycles. The van der Waals surface area contributed by atoms with E-state index in [0.29, 0.717) is 5.75 Å². The maximum absolute atomic E-state index is 12.5. The van der Waals surface area contributed by atoms with Crippen molar-refractivity contribution in [2.75, 3.05) is 0 Å². The average Bonchev–Trinajstić information content (AvgIpc) is 2.33. The number of nitrogens with two attached hydrogens (primary N) is 1. The Morgan fingerprint density at radius 1 is 1.16 bits per heavy atom. The van der Waals surface area contributed by atoms with Crippen molar-refractivity contribution >= 4 is 11.6 Å². The van der Waals surface area contributed by atoms with Crippen LogP contribution in [0.3, 0.4) is 0 Å². The number of benzene rings is 1. The Labute approximate surface area is 114 Å². The van der Waals surface area contributed by atoms with Gasteiger partial charge in [0.25, 0.3) is 0 Å². The van der Waals surface area contributed by atoms with E-state index in [2.05, 4.69) is 0 Å². The number of hydrogen-bond acceptors (Lipinski definition) is 2. The highest BCUT2D eigenvalue weighted by Gasteiger charge is 2.31. The lowest BCUT2D eigenvalue weighted by Gasteiger charge is -2.27. The topological polar surface area (TPSA) is 35.2 Å². The van der Waals surface area contributed by atoms with Crippen LogP contribution in [0.25, 0.3) is 0 Å². The molecule has 0 aromatic heterocycles. The molecule has 0 heterocycles. The first kappa shape index (κ1) is 14.5. The zero-order valence-corrected chi connectivity index (χ0v) is 11.0. The Morgan fingerprint density at radius 3 is 2.32 bits per heavy atom. The third-order valence-corrected chi connectivity index (χ3v) is 3.57. The van der Waals surface area contributed by atoms with Crippen molar-refractivity contribution in [1.29, 1.82) is 0 Å². The maximum atomic E-state index is 12.5. The van der Waals surface area contributed by atoms with Crippen molar-refractivity contribution < 1.29 is 17.9 Å². The van der Waals surface area contributed by atoms with Crippen molar-refractivity contribution in [2.45, 2.75) is 44.0 Å². The summed E-state index contributed by atoms with van der Waals surface area (Å²) >= 11 is 5.83. The van der Waals surface area contributed by atoms with Crippen LogP contribution in [-0.4, -0.2) is 12.1 Å². The number of halogens is 4. The van der Waals surface area contributed by atoms with Crippen LogP contribution in [0.2, 0.25) is 5.02 Å². The van der Waals surface area contributed by atoms with Crippen LogP contribution < -0.4 is 10.5 Å². The fraction of sp³-hybridized carbons (Fsp3) is 0.538. The van der Waals surface area contributed by atoms with E-state index in [1.165, 1.54) is 6.07 Å². The van der Waals surface area contributed by atoms with Gasteiger partial charge in [0.2, 0.25) is 0 Å². The summed E-state index contributed by atoms with van der Waals surface area (Å²) in [5, 5.41) is -0.00954. The van der Waals surface area contributed by atoms with Gasteiger partial charge in [-0.05, 0) is 43.9 Å². The molecule has 1 fully saturated rings. The van der Waals surface area contributed by atoms with Gasteiger partial charge in [0.1, 0.15) is 5.75 Å². The van der Waals surface area contributed by atoms with Gasteiger partial charge in [0.15, 0.2) is 0 Å². The minimum absolute atomic E-state index is 0.00954. The first-order valence-electron chi connectivity index (χ1n) is 6.15. The minimum atomic E-state index is -4.39. The second-order valence-corrected chi connectivity index (χ2v) is 5.20. The van der Waals surface area contributed by atoms with Crippen LogP contribution in [0.1, 0.15) is 31.2 Å². The minimum Gasteiger partial charge on any atom is -0.489 e. The maximum Gasteiger partial charge on any atom is 0.416 e. The largest absolute Gasteiger partial charge is 0.489 e. The van der Waals surface area contributed by atoms with Crippen LogP contribution >= 0.6 is 11.6 Å². The van der Waals surface area contributed by atoms with E-state index in [1.54, 1.807) is 0 Å². The molecule has 0 saturated heterocycles. The van der Waals surface area contributed by atoms with Crippen LogP contribution in [0, 0.1) is 0 Å². The van der Waals surface area contributed by atoms with Crippen LogP contribution in [0.5, 0.6) is 5.75 Å². The number of hydrogen-bond donors (Lipinski definition) is 1. The third kappa shape index (κ3) is 3.76. The predicted molar refractivity (Wildman–Crippen MR) is 67.3 cm³/mol. The summed E-state index contributed by atoms with van der Waals surface area (Å²) in [6, 6.07) is 3.35. The molecule has 1 aliphatic carbocycles. The van der Waals surface area contributed by atoms with Gasteiger partial charge in [-0.15, -0.1) is 0 Å². The SMILES string of the molecule is NC1CCC(Oc2ccc(C(F)(F)F)cc2Cl)CC1. The van der Waals surface area contributed by atoms with Gasteiger partial charge in [-0.2, -0.15) is 13.2 Å². The Hall–Kier alpha value is -0.940. The molecule has 106 valence electrons. The molecular formula is C13H15ClF3NO. The number of alkyl halides is 3. The summed E-state index contributed by atoms with van der Waals surface area (Å²) in [6.45, 7) is 0. The molecular weight excluding hydrogens is 279 g/mol. The van der Waals surface area contributed by atoms with E-state index in [0.717, 1.165) is 37.8 Å². The lowest BCUT2D eigenvalue weighted by molar-refractivity contribution is -0.137. The zero-order chi connectivity index (χ0) is 14.0. The van der Waals surface area contributed by atoms with Gasteiger partial charge < -0.3 is 10.5 Å². The van der Waals surface area contributed by atoms with E-state index in [9.17, 15) is 13.2 Å². The summed E-state index contributed by atoms with van der Waals surface area (Å²) in [5.74, 6) is 0.301. The van der Waals surface area contributed by atoms with Gasteiger partial charge in [-0.1, -0.05) is 11.6 Å². The number of rotatable bonds is 2. The van der Waals surface area contributed by atoms with Gasteiger partial charge >= 0.3 is 6.18 Å². The molecule has 0 unspecified atom stereocenters. The van der Waals surface area contributed by atoms with E-state index >= 15 is 0 Å². The average molecular weight is 294 g/mol. The first-order chi connectivity index (χ1) is 8.86. The van der Waals surface area contributed by atoms with E-state index in [4.69, 9.17) is 22.1 Å². The standard InChI is InChI=1S/C13H15ClF3NO/c14-11-7-8(13(15,16)17)1-6-12(11)19-10-4-2-9(18)3-5-10/h1,6-7,9-10H,2-5,18H2. The van der Waals surface area contributed by atoms with E-state index in [1.807, 2.05) is 0 Å². The molecule has 19 heavy (non-hydrogen) atoms. The summed E-state index contributed by atoms with van der Waals surface area (Å²) in [7, 11) is 0. The molecule has 0 atom stereocenters. The molecule has 2 N–H and O–H groups in total. The van der Waals surface area contributed by atoms with Crippen LogP contribution in [-0.2, 0) is 6.18 Å². The highest BCUT2D eigenvalue weighted by molar-refractivity contribution is 6.32. The monoisotopic (exact) mass is 293 g/mol. The Kier molecular flexibility index (Phi) is 4.26. The Bertz CT molecular complexity index is 442. The predicted octanol–water partition coefficient (Wildman–Crippen LogP) is 4.01. The highest BCUT2D eigenvalue weighted by atomic mass is 35.5. The zero-order valence-electron chi connectivity index (χ0n) is 10.2. The lowest BCUT2D eigenvalue weighted by atomic mass is 9.94. The Morgan fingerprint density at radius 2 is 1.79 bits per heavy atom. The molecule has 1 aromatic rings. The summed E-state index contributed by atoms with van der Waals surface area (Å²) in [5.41, 5.74) is 5.01. The highest BCUT2D eigenvalue weighted by Crippen LogP contribution is 2.35. The first-order valence-corrected chi connectivity index (χ1v) is 6.53. The van der Waals surface area contributed by atoms with Crippen LogP contribution in [0.4, 0.5) is 13.2 Å². The molecule has 0 radical (unpaired) electrons. The van der Waals surface area contributed by atoms with Crippen molar-refractivity contribution in [3.8, 4) is 5.75 Å².